The smallest absolute Gasteiger partial charge is 0.318 e. The molecule has 2 fully saturated rings. The van der Waals surface area contributed by atoms with Crippen LogP contribution in [0.15, 0.2) is 28.9 Å². The first kappa shape index (κ1) is 20.2. The number of hydrogen-bond acceptors (Lipinski definition) is 6. The van der Waals surface area contributed by atoms with Crippen molar-refractivity contribution in [1.29, 1.82) is 0 Å². The second-order valence-electron chi connectivity index (χ2n) is 7.82. The van der Waals surface area contributed by atoms with E-state index in [9.17, 15) is 4.79 Å². The summed E-state index contributed by atoms with van der Waals surface area (Å²) in [6.07, 6.45) is 2.69. The summed E-state index contributed by atoms with van der Waals surface area (Å²) in [5.74, 6) is 1.52. The van der Waals surface area contributed by atoms with E-state index in [0.29, 0.717) is 18.1 Å². The van der Waals surface area contributed by atoms with Crippen LogP contribution in [0.25, 0.3) is 22.4 Å². The van der Waals surface area contributed by atoms with E-state index in [1.54, 1.807) is 7.05 Å². The van der Waals surface area contributed by atoms with Gasteiger partial charge in [0, 0.05) is 37.9 Å². The fraction of sp³-hybridized carbons (Fsp3) is 0.429. The lowest BCUT2D eigenvalue weighted by Gasteiger charge is -2.33. The monoisotopic (exact) mass is 485 g/mol. The van der Waals surface area contributed by atoms with E-state index in [1.807, 2.05) is 28.9 Å². The van der Waals surface area contributed by atoms with Crippen LogP contribution in [0.3, 0.4) is 0 Å². The fourth-order valence-corrected chi connectivity index (χ4v) is 4.82. The lowest BCUT2D eigenvalue weighted by molar-refractivity contribution is 0.0303. The quantitative estimate of drug-likeness (QED) is 0.587. The highest BCUT2D eigenvalue weighted by Gasteiger charge is 2.35. The van der Waals surface area contributed by atoms with Crippen molar-refractivity contribution in [1.82, 2.24) is 25.1 Å². The Morgan fingerprint density at radius 1 is 1.19 bits per heavy atom. The van der Waals surface area contributed by atoms with Gasteiger partial charge in [-0.1, -0.05) is 0 Å². The molecule has 0 radical (unpaired) electrons. The summed E-state index contributed by atoms with van der Waals surface area (Å²) >= 11 is 3.63. The molecular formula is C21H24BrN7O2. The van der Waals surface area contributed by atoms with Gasteiger partial charge in [-0.05, 0) is 60.0 Å². The van der Waals surface area contributed by atoms with Crippen molar-refractivity contribution in [3.05, 3.63) is 28.9 Å². The Morgan fingerprint density at radius 3 is 2.55 bits per heavy atom. The molecule has 0 saturated carbocycles. The number of urea groups is 1. The molecule has 2 aromatic heterocycles. The highest BCUT2D eigenvalue weighted by Crippen LogP contribution is 2.36. The molecule has 2 saturated heterocycles. The molecule has 31 heavy (non-hydrogen) atoms. The van der Waals surface area contributed by atoms with E-state index in [2.05, 4.69) is 43.5 Å². The van der Waals surface area contributed by atoms with Crippen molar-refractivity contribution in [2.24, 2.45) is 0 Å². The Balaban J connectivity index is 1.58. The van der Waals surface area contributed by atoms with E-state index in [1.165, 1.54) is 0 Å². The Bertz CT molecular complexity index is 1120. The van der Waals surface area contributed by atoms with Crippen LogP contribution in [0.1, 0.15) is 19.8 Å². The number of nitrogens with zero attached hydrogens (tertiary/aromatic N) is 5. The van der Waals surface area contributed by atoms with Gasteiger partial charge in [-0.2, -0.15) is 5.10 Å². The molecule has 1 aromatic carbocycles. The maximum absolute atomic E-state index is 11.6. The van der Waals surface area contributed by atoms with Crippen molar-refractivity contribution in [3.63, 3.8) is 0 Å². The summed E-state index contributed by atoms with van der Waals surface area (Å²) in [5.41, 5.74) is 2.39. The molecule has 2 amide bonds. The van der Waals surface area contributed by atoms with Gasteiger partial charge in [-0.3, -0.25) is 0 Å². The summed E-state index contributed by atoms with van der Waals surface area (Å²) in [7, 11) is 1.58. The third kappa shape index (κ3) is 3.74. The average molecular weight is 486 g/mol. The number of anilines is 2. The number of nitrogens with one attached hydrogen (secondary N) is 2. The fourth-order valence-electron chi connectivity index (χ4n) is 4.27. The number of carbonyl (C=O) groups is 1. The number of fused-ring (bicyclic) bond motifs is 3. The lowest BCUT2D eigenvalue weighted by atomic mass is 10.2. The maximum atomic E-state index is 11.6. The SMILES string of the molecule is CCn1nc(Br)c2c(N3CC4CCC(C3)O4)nc(-c3ccc(NC(=O)NC)cc3)nc21. The van der Waals surface area contributed by atoms with Crippen LogP contribution in [-0.2, 0) is 11.3 Å². The number of carbonyl (C=O) groups excluding carboxylic acids is 1. The number of amides is 2. The number of ether oxygens (including phenoxy) is 1. The van der Waals surface area contributed by atoms with E-state index in [-0.39, 0.29) is 18.2 Å². The zero-order chi connectivity index (χ0) is 21.5. The standard InChI is InChI=1S/C21H24BrN7O2/c1-3-29-20-16(17(22)27-29)19(28-10-14-8-9-15(11-28)31-14)25-18(26-20)12-4-6-13(7-5-12)24-21(30)23-2/h4-7,14-15H,3,8-11H2,1-2H3,(H2,23,24,30). The van der Waals surface area contributed by atoms with Crippen LogP contribution in [-0.4, -0.2) is 58.1 Å². The molecular weight excluding hydrogens is 462 g/mol. The second kappa shape index (κ2) is 8.08. The van der Waals surface area contributed by atoms with Gasteiger partial charge < -0.3 is 20.3 Å². The first-order valence-corrected chi connectivity index (χ1v) is 11.3. The number of aryl methyl sites for hydroxylation is 1. The maximum Gasteiger partial charge on any atom is 0.318 e. The third-order valence-corrected chi connectivity index (χ3v) is 6.36. The third-order valence-electron chi connectivity index (χ3n) is 5.80. The zero-order valence-corrected chi connectivity index (χ0v) is 19.0. The van der Waals surface area contributed by atoms with Crippen molar-refractivity contribution in [2.75, 3.05) is 30.4 Å². The number of aromatic nitrogens is 4. The number of benzene rings is 1. The van der Waals surface area contributed by atoms with Crippen LogP contribution in [0, 0.1) is 0 Å². The molecule has 3 aromatic rings. The molecule has 162 valence electrons. The highest BCUT2D eigenvalue weighted by molar-refractivity contribution is 9.10. The average Bonchev–Trinajstić information content (AvgIpc) is 3.31. The molecule has 2 N–H and O–H groups in total. The Morgan fingerprint density at radius 2 is 1.90 bits per heavy atom. The number of rotatable bonds is 4. The predicted octanol–water partition coefficient (Wildman–Crippen LogP) is 3.39. The number of halogens is 1. The lowest BCUT2D eigenvalue weighted by Crippen LogP contribution is -2.43. The zero-order valence-electron chi connectivity index (χ0n) is 17.4. The molecule has 4 heterocycles. The first-order chi connectivity index (χ1) is 15.1. The topological polar surface area (TPSA) is 97.2 Å². The molecule has 2 atom stereocenters. The minimum Gasteiger partial charge on any atom is -0.371 e. The van der Waals surface area contributed by atoms with Gasteiger partial charge in [-0.25, -0.2) is 19.4 Å². The van der Waals surface area contributed by atoms with Crippen LogP contribution in [0.2, 0.25) is 0 Å². The number of morpholine rings is 1. The van der Waals surface area contributed by atoms with Gasteiger partial charge in [0.25, 0.3) is 0 Å². The van der Waals surface area contributed by atoms with Gasteiger partial charge in [0.15, 0.2) is 11.5 Å². The van der Waals surface area contributed by atoms with E-state index in [0.717, 1.165) is 52.9 Å². The highest BCUT2D eigenvalue weighted by atomic mass is 79.9. The van der Waals surface area contributed by atoms with Crippen molar-refractivity contribution in [2.45, 2.75) is 38.5 Å². The van der Waals surface area contributed by atoms with E-state index in [4.69, 9.17) is 14.7 Å². The van der Waals surface area contributed by atoms with Gasteiger partial charge in [-0.15, -0.1) is 0 Å². The summed E-state index contributed by atoms with van der Waals surface area (Å²) in [5, 5.41) is 10.9. The minimum atomic E-state index is -0.258. The van der Waals surface area contributed by atoms with E-state index >= 15 is 0 Å². The Labute approximate surface area is 188 Å². The second-order valence-corrected chi connectivity index (χ2v) is 8.57. The van der Waals surface area contributed by atoms with Crippen LogP contribution < -0.4 is 15.5 Å². The summed E-state index contributed by atoms with van der Waals surface area (Å²) < 4.78 is 8.68. The van der Waals surface area contributed by atoms with E-state index < -0.39 is 0 Å². The summed E-state index contributed by atoms with van der Waals surface area (Å²) in [6.45, 7) is 4.40. The molecule has 5 rings (SSSR count). The molecule has 0 aliphatic carbocycles. The van der Waals surface area contributed by atoms with Crippen molar-refractivity contribution < 1.29 is 9.53 Å². The molecule has 2 aliphatic heterocycles. The largest absolute Gasteiger partial charge is 0.371 e. The van der Waals surface area contributed by atoms with Gasteiger partial charge in [0.1, 0.15) is 10.4 Å². The molecule has 10 heteroatoms. The van der Waals surface area contributed by atoms with Crippen LogP contribution in [0.4, 0.5) is 16.3 Å². The van der Waals surface area contributed by atoms with Crippen LogP contribution in [0.5, 0.6) is 0 Å². The Kier molecular flexibility index (Phi) is 5.27. The minimum absolute atomic E-state index is 0.252. The van der Waals surface area contributed by atoms with Crippen molar-refractivity contribution in [3.8, 4) is 11.4 Å². The van der Waals surface area contributed by atoms with Crippen LogP contribution >= 0.6 is 15.9 Å². The summed E-state index contributed by atoms with van der Waals surface area (Å²) in [6, 6.07) is 7.27. The van der Waals surface area contributed by atoms with Gasteiger partial charge in [0.05, 0.1) is 17.6 Å². The number of hydrogen-bond donors (Lipinski definition) is 2. The normalized spacial score (nSPS) is 20.3. The van der Waals surface area contributed by atoms with Gasteiger partial charge >= 0.3 is 6.03 Å². The molecule has 2 unspecified atom stereocenters. The first-order valence-electron chi connectivity index (χ1n) is 10.5. The predicted molar refractivity (Wildman–Crippen MR) is 122 cm³/mol. The molecule has 9 nitrogen and oxygen atoms in total. The Hall–Kier alpha value is -2.72. The molecule has 2 aliphatic rings. The molecule has 0 spiro atoms. The van der Waals surface area contributed by atoms with Gasteiger partial charge in [0.2, 0.25) is 0 Å². The molecule has 2 bridgehead atoms. The summed E-state index contributed by atoms with van der Waals surface area (Å²) in [4.78, 5) is 23.7. The van der Waals surface area contributed by atoms with Crippen molar-refractivity contribution >= 4 is 44.5 Å².